The molecule has 0 bridgehead atoms. The summed E-state index contributed by atoms with van der Waals surface area (Å²) in [6.07, 6.45) is 1.44. The van der Waals surface area contributed by atoms with E-state index in [1.165, 1.54) is 6.08 Å². The van der Waals surface area contributed by atoms with Gasteiger partial charge in [-0.2, -0.15) is 0 Å². The van der Waals surface area contributed by atoms with Crippen molar-refractivity contribution in [3.63, 3.8) is 0 Å². The first-order valence-electron chi connectivity index (χ1n) is 9.19. The standard InChI is InChI=1S/C22H21ClN2O4S/c1-15-8-9-18-12-19(22(23)25-21(18)16(15)2)14-29-20(26)13-24-30(27,28)11-10-17-6-4-3-5-7-17/h3-12,24H,13-14H2,1-2H3/b11-10+. The molecule has 2 aromatic carbocycles. The van der Waals surface area contributed by atoms with E-state index in [-0.39, 0.29) is 11.8 Å². The summed E-state index contributed by atoms with van der Waals surface area (Å²) in [7, 11) is -3.77. The lowest BCUT2D eigenvalue weighted by Gasteiger charge is -2.10. The molecule has 3 aromatic rings. The predicted octanol–water partition coefficient (Wildman–Crippen LogP) is 4.14. The normalized spacial score (nSPS) is 11.8. The summed E-state index contributed by atoms with van der Waals surface area (Å²) in [6, 6.07) is 14.7. The van der Waals surface area contributed by atoms with Crippen molar-refractivity contribution in [2.45, 2.75) is 20.5 Å². The maximum absolute atomic E-state index is 12.0. The van der Waals surface area contributed by atoms with Crippen LogP contribution in [-0.4, -0.2) is 25.9 Å². The molecule has 0 saturated heterocycles. The number of rotatable bonds is 7. The van der Waals surface area contributed by atoms with Crippen molar-refractivity contribution in [1.82, 2.24) is 9.71 Å². The summed E-state index contributed by atoms with van der Waals surface area (Å²) < 4.78 is 31.4. The first-order chi connectivity index (χ1) is 14.2. The van der Waals surface area contributed by atoms with E-state index in [2.05, 4.69) is 9.71 Å². The first-order valence-corrected chi connectivity index (χ1v) is 11.1. The Morgan fingerprint density at radius 2 is 1.90 bits per heavy atom. The maximum Gasteiger partial charge on any atom is 0.321 e. The van der Waals surface area contributed by atoms with Crippen LogP contribution in [0.4, 0.5) is 0 Å². The molecular weight excluding hydrogens is 424 g/mol. The Kier molecular flexibility index (Phi) is 6.87. The second-order valence-corrected chi connectivity index (χ2v) is 8.77. The molecule has 0 amide bonds. The quantitative estimate of drug-likeness (QED) is 0.437. The number of benzene rings is 2. The highest BCUT2D eigenvalue weighted by Gasteiger charge is 2.13. The minimum absolute atomic E-state index is 0.102. The lowest BCUT2D eigenvalue weighted by Crippen LogP contribution is -2.29. The largest absolute Gasteiger partial charge is 0.460 e. The van der Waals surface area contributed by atoms with Gasteiger partial charge in [0.05, 0.1) is 5.52 Å². The average Bonchev–Trinajstić information content (AvgIpc) is 2.73. The third kappa shape index (κ3) is 5.66. The van der Waals surface area contributed by atoms with Gasteiger partial charge in [-0.05, 0) is 42.7 Å². The zero-order valence-corrected chi connectivity index (χ0v) is 18.1. The number of esters is 1. The van der Waals surface area contributed by atoms with Crippen LogP contribution in [-0.2, 0) is 26.2 Å². The minimum Gasteiger partial charge on any atom is -0.460 e. The number of hydrogen-bond donors (Lipinski definition) is 1. The van der Waals surface area contributed by atoms with E-state index in [1.807, 2.05) is 38.1 Å². The number of ether oxygens (including phenoxy) is 1. The summed E-state index contributed by atoms with van der Waals surface area (Å²) >= 11 is 6.24. The Morgan fingerprint density at radius 1 is 1.17 bits per heavy atom. The number of hydrogen-bond acceptors (Lipinski definition) is 5. The van der Waals surface area contributed by atoms with Gasteiger partial charge in [0.2, 0.25) is 10.0 Å². The van der Waals surface area contributed by atoms with Crippen molar-refractivity contribution in [3.8, 4) is 0 Å². The molecule has 0 spiro atoms. The Morgan fingerprint density at radius 3 is 2.63 bits per heavy atom. The summed E-state index contributed by atoms with van der Waals surface area (Å²) in [5, 5.41) is 2.14. The highest BCUT2D eigenvalue weighted by molar-refractivity contribution is 7.92. The number of fused-ring (bicyclic) bond motifs is 1. The van der Waals surface area contributed by atoms with E-state index in [1.54, 1.807) is 24.3 Å². The topological polar surface area (TPSA) is 85.4 Å². The van der Waals surface area contributed by atoms with E-state index in [0.29, 0.717) is 5.56 Å². The highest BCUT2D eigenvalue weighted by Crippen LogP contribution is 2.25. The van der Waals surface area contributed by atoms with Gasteiger partial charge in [0.1, 0.15) is 18.3 Å². The number of sulfonamides is 1. The highest BCUT2D eigenvalue weighted by atomic mass is 35.5. The number of nitrogens with zero attached hydrogens (tertiary/aromatic N) is 1. The number of carbonyl (C=O) groups excluding carboxylic acids is 1. The van der Waals surface area contributed by atoms with Crippen LogP contribution in [0, 0.1) is 13.8 Å². The van der Waals surface area contributed by atoms with Crippen LogP contribution in [0.1, 0.15) is 22.3 Å². The van der Waals surface area contributed by atoms with Gasteiger partial charge < -0.3 is 4.74 Å². The third-order valence-corrected chi connectivity index (χ3v) is 5.95. The van der Waals surface area contributed by atoms with Crippen molar-refractivity contribution in [1.29, 1.82) is 0 Å². The van der Waals surface area contributed by atoms with Crippen LogP contribution in [0.25, 0.3) is 17.0 Å². The molecule has 0 fully saturated rings. The van der Waals surface area contributed by atoms with Crippen LogP contribution in [0.15, 0.2) is 53.9 Å². The van der Waals surface area contributed by atoms with Crippen molar-refractivity contribution in [2.24, 2.45) is 0 Å². The van der Waals surface area contributed by atoms with E-state index < -0.39 is 22.5 Å². The van der Waals surface area contributed by atoms with Crippen LogP contribution >= 0.6 is 11.6 Å². The smallest absolute Gasteiger partial charge is 0.321 e. The lowest BCUT2D eigenvalue weighted by atomic mass is 10.0. The van der Waals surface area contributed by atoms with Crippen LogP contribution in [0.5, 0.6) is 0 Å². The molecule has 0 saturated carbocycles. The van der Waals surface area contributed by atoms with Gasteiger partial charge in [0.25, 0.3) is 0 Å². The van der Waals surface area contributed by atoms with Gasteiger partial charge >= 0.3 is 5.97 Å². The second-order valence-electron chi connectivity index (χ2n) is 6.76. The third-order valence-electron chi connectivity index (χ3n) is 4.58. The molecule has 0 unspecified atom stereocenters. The average molecular weight is 445 g/mol. The van der Waals surface area contributed by atoms with E-state index in [4.69, 9.17) is 16.3 Å². The Bertz CT molecular complexity index is 1210. The molecule has 0 radical (unpaired) electrons. The van der Waals surface area contributed by atoms with Gasteiger partial charge in [-0.25, -0.2) is 18.1 Å². The first kappa shape index (κ1) is 22.0. The summed E-state index contributed by atoms with van der Waals surface area (Å²) in [5.74, 6) is -0.720. The van der Waals surface area contributed by atoms with Crippen molar-refractivity contribution in [3.05, 3.63) is 81.3 Å². The molecule has 0 aliphatic carbocycles. The molecule has 8 heteroatoms. The molecule has 0 aliphatic heterocycles. The van der Waals surface area contributed by atoms with Crippen molar-refractivity contribution >= 4 is 44.6 Å². The fourth-order valence-electron chi connectivity index (χ4n) is 2.75. The molecular formula is C22H21ClN2O4S. The minimum atomic E-state index is -3.77. The van der Waals surface area contributed by atoms with E-state index >= 15 is 0 Å². The number of halogens is 1. The Labute approximate surface area is 180 Å². The van der Waals surface area contributed by atoms with Gasteiger partial charge in [0.15, 0.2) is 0 Å². The van der Waals surface area contributed by atoms with Crippen molar-refractivity contribution in [2.75, 3.05) is 6.54 Å². The van der Waals surface area contributed by atoms with Crippen LogP contribution in [0.3, 0.4) is 0 Å². The molecule has 1 aromatic heterocycles. The number of nitrogens with one attached hydrogen (secondary N) is 1. The SMILES string of the molecule is Cc1ccc2cc(COC(=O)CNS(=O)(=O)/C=C/c3ccccc3)c(Cl)nc2c1C. The van der Waals surface area contributed by atoms with Crippen LogP contribution < -0.4 is 4.72 Å². The molecule has 1 heterocycles. The van der Waals surface area contributed by atoms with Crippen molar-refractivity contribution < 1.29 is 17.9 Å². The fourth-order valence-corrected chi connectivity index (χ4v) is 3.70. The lowest BCUT2D eigenvalue weighted by molar-refractivity contribution is -0.143. The molecule has 6 nitrogen and oxygen atoms in total. The molecule has 3 rings (SSSR count). The zero-order chi connectivity index (χ0) is 21.7. The van der Waals surface area contributed by atoms with Crippen LogP contribution in [0.2, 0.25) is 5.15 Å². The number of pyridine rings is 1. The molecule has 0 aliphatic rings. The molecule has 30 heavy (non-hydrogen) atoms. The fraction of sp³-hybridized carbons (Fsp3) is 0.182. The number of aryl methyl sites for hydroxylation is 2. The predicted molar refractivity (Wildman–Crippen MR) is 118 cm³/mol. The monoisotopic (exact) mass is 444 g/mol. The van der Waals surface area contributed by atoms with Gasteiger partial charge in [-0.1, -0.05) is 54.1 Å². The van der Waals surface area contributed by atoms with E-state index in [0.717, 1.165) is 33.0 Å². The number of aromatic nitrogens is 1. The zero-order valence-electron chi connectivity index (χ0n) is 16.6. The van der Waals surface area contributed by atoms with Gasteiger partial charge in [-0.3, -0.25) is 4.79 Å². The Balaban J connectivity index is 1.58. The second kappa shape index (κ2) is 9.38. The Hall–Kier alpha value is -2.74. The summed E-state index contributed by atoms with van der Waals surface area (Å²) in [6.45, 7) is 3.38. The molecule has 0 atom stereocenters. The summed E-state index contributed by atoms with van der Waals surface area (Å²) in [4.78, 5) is 16.4. The number of carbonyl (C=O) groups is 1. The van der Waals surface area contributed by atoms with Gasteiger partial charge in [0, 0.05) is 16.4 Å². The van der Waals surface area contributed by atoms with E-state index in [9.17, 15) is 13.2 Å². The molecule has 156 valence electrons. The maximum atomic E-state index is 12.0. The molecule has 1 N–H and O–H groups in total. The summed E-state index contributed by atoms with van der Waals surface area (Å²) in [5.41, 5.74) is 4.23. The van der Waals surface area contributed by atoms with Gasteiger partial charge in [-0.15, -0.1) is 0 Å².